The predicted molar refractivity (Wildman–Crippen MR) is 82.4 cm³/mol. The van der Waals surface area contributed by atoms with Crippen LogP contribution in [-0.2, 0) is 0 Å². The first-order valence-electron chi connectivity index (χ1n) is 6.21. The van der Waals surface area contributed by atoms with Crippen LogP contribution in [0.1, 0.15) is 11.1 Å². The molecule has 0 aliphatic rings. The van der Waals surface area contributed by atoms with Gasteiger partial charge in [-0.2, -0.15) is 5.26 Å². The van der Waals surface area contributed by atoms with E-state index >= 15 is 0 Å². The van der Waals surface area contributed by atoms with Crippen LogP contribution in [0.25, 0.3) is 22.6 Å². The van der Waals surface area contributed by atoms with E-state index < -0.39 is 0 Å². The van der Waals surface area contributed by atoms with Gasteiger partial charge in [0.2, 0.25) is 0 Å². The van der Waals surface area contributed by atoms with Gasteiger partial charge in [-0.25, -0.2) is 9.97 Å². The molecular formula is C15H11N5S. The van der Waals surface area contributed by atoms with Gasteiger partial charge in [0.15, 0.2) is 0 Å². The topological polar surface area (TPSA) is 88.5 Å². The molecule has 0 saturated heterocycles. The van der Waals surface area contributed by atoms with Crippen LogP contribution in [0, 0.1) is 18.3 Å². The number of hydrogen-bond acceptors (Lipinski definition) is 6. The van der Waals surface area contributed by atoms with E-state index in [1.165, 1.54) is 11.3 Å². The molecule has 0 radical (unpaired) electrons. The third-order valence-corrected chi connectivity index (χ3v) is 3.63. The maximum Gasteiger partial charge on any atom is 0.142 e. The van der Waals surface area contributed by atoms with Gasteiger partial charge in [0.05, 0.1) is 22.6 Å². The first kappa shape index (κ1) is 13.2. The summed E-state index contributed by atoms with van der Waals surface area (Å²) in [5.74, 6) is 0.195. The minimum atomic E-state index is 0.195. The summed E-state index contributed by atoms with van der Waals surface area (Å²) >= 11 is 1.47. The fraction of sp³-hybridized carbons (Fsp3) is 0.0667. The Balaban J connectivity index is 2.21. The number of nitrogens with zero attached hydrogens (tertiary/aromatic N) is 4. The van der Waals surface area contributed by atoms with Gasteiger partial charge >= 0.3 is 0 Å². The third-order valence-electron chi connectivity index (χ3n) is 3.04. The van der Waals surface area contributed by atoms with Crippen molar-refractivity contribution in [3.05, 3.63) is 46.4 Å². The molecule has 21 heavy (non-hydrogen) atoms. The number of pyridine rings is 2. The summed E-state index contributed by atoms with van der Waals surface area (Å²) in [5.41, 5.74) is 11.8. The van der Waals surface area contributed by atoms with Crippen molar-refractivity contribution in [3.8, 4) is 28.7 Å². The zero-order valence-corrected chi connectivity index (χ0v) is 12.1. The van der Waals surface area contributed by atoms with Crippen molar-refractivity contribution in [2.24, 2.45) is 0 Å². The molecule has 0 aromatic carbocycles. The normalized spacial score (nSPS) is 10.3. The van der Waals surface area contributed by atoms with E-state index in [1.54, 1.807) is 11.7 Å². The number of anilines is 1. The summed E-state index contributed by atoms with van der Waals surface area (Å²) in [6.07, 6.45) is 1.77. The zero-order valence-electron chi connectivity index (χ0n) is 11.2. The van der Waals surface area contributed by atoms with Crippen LogP contribution in [0.2, 0.25) is 0 Å². The Hall–Kier alpha value is -2.78. The van der Waals surface area contributed by atoms with Crippen LogP contribution in [-0.4, -0.2) is 15.0 Å². The number of thiazole rings is 1. The maximum atomic E-state index is 9.29. The van der Waals surface area contributed by atoms with E-state index in [0.29, 0.717) is 22.5 Å². The molecule has 0 fully saturated rings. The number of aromatic nitrogens is 3. The molecule has 0 atom stereocenters. The second-order valence-electron chi connectivity index (χ2n) is 4.52. The summed E-state index contributed by atoms with van der Waals surface area (Å²) < 4.78 is 0. The Bertz CT molecular complexity index is 817. The molecule has 0 bridgehead atoms. The molecule has 5 nitrogen and oxygen atoms in total. The molecule has 6 heteroatoms. The zero-order chi connectivity index (χ0) is 14.8. The molecule has 3 rings (SSSR count). The molecule has 0 spiro atoms. The molecule has 3 heterocycles. The van der Waals surface area contributed by atoms with E-state index in [2.05, 4.69) is 21.0 Å². The first-order chi connectivity index (χ1) is 10.2. The van der Waals surface area contributed by atoms with Crippen LogP contribution < -0.4 is 5.73 Å². The Kier molecular flexibility index (Phi) is 3.34. The standard InChI is InChI=1S/C15H11N5S/c1-9-2-3-12(18-6-9)13-4-10(14-7-21-8-19-14)11(5-16)15(17)20-13/h2-4,6-8H,1H3,(H2,17,20). The fourth-order valence-corrected chi connectivity index (χ4v) is 2.53. The van der Waals surface area contributed by atoms with Crippen LogP contribution >= 0.6 is 11.3 Å². The Morgan fingerprint density at radius 2 is 2.05 bits per heavy atom. The average molecular weight is 293 g/mol. The Morgan fingerprint density at radius 1 is 1.19 bits per heavy atom. The highest BCUT2D eigenvalue weighted by Crippen LogP contribution is 2.30. The smallest absolute Gasteiger partial charge is 0.142 e. The molecule has 0 saturated carbocycles. The van der Waals surface area contributed by atoms with Crippen molar-refractivity contribution in [1.29, 1.82) is 5.26 Å². The molecule has 0 amide bonds. The highest BCUT2D eigenvalue weighted by atomic mass is 32.1. The van der Waals surface area contributed by atoms with Crippen molar-refractivity contribution < 1.29 is 0 Å². The summed E-state index contributed by atoms with van der Waals surface area (Å²) in [6.45, 7) is 1.97. The van der Waals surface area contributed by atoms with Crippen LogP contribution in [0.4, 0.5) is 5.82 Å². The van der Waals surface area contributed by atoms with Gasteiger partial charge < -0.3 is 5.73 Å². The van der Waals surface area contributed by atoms with E-state index in [4.69, 9.17) is 5.73 Å². The van der Waals surface area contributed by atoms with Gasteiger partial charge in [0, 0.05) is 17.1 Å². The maximum absolute atomic E-state index is 9.29. The Morgan fingerprint density at radius 3 is 2.67 bits per heavy atom. The SMILES string of the molecule is Cc1ccc(-c2cc(-c3cscn3)c(C#N)c(N)n2)nc1. The highest BCUT2D eigenvalue weighted by Gasteiger charge is 2.15. The van der Waals surface area contributed by atoms with Crippen LogP contribution in [0.5, 0.6) is 0 Å². The number of hydrogen-bond donors (Lipinski definition) is 1. The summed E-state index contributed by atoms with van der Waals surface area (Å²) in [4.78, 5) is 12.9. The van der Waals surface area contributed by atoms with Gasteiger partial charge in [-0.3, -0.25) is 4.98 Å². The van der Waals surface area contributed by atoms with Crippen molar-refractivity contribution in [2.75, 3.05) is 5.73 Å². The predicted octanol–water partition coefficient (Wildman–Crippen LogP) is 3.03. The van der Waals surface area contributed by atoms with Gasteiger partial charge in [-0.15, -0.1) is 11.3 Å². The lowest BCUT2D eigenvalue weighted by Gasteiger charge is -2.08. The molecule has 0 aliphatic heterocycles. The minimum Gasteiger partial charge on any atom is -0.383 e. The average Bonchev–Trinajstić information content (AvgIpc) is 3.01. The lowest BCUT2D eigenvalue weighted by atomic mass is 10.0. The van der Waals surface area contributed by atoms with Gasteiger partial charge in [0.1, 0.15) is 17.5 Å². The second-order valence-corrected chi connectivity index (χ2v) is 5.24. The molecular weight excluding hydrogens is 282 g/mol. The lowest BCUT2D eigenvalue weighted by molar-refractivity contribution is 1.22. The van der Waals surface area contributed by atoms with E-state index in [1.807, 2.05) is 30.5 Å². The van der Waals surface area contributed by atoms with E-state index in [-0.39, 0.29) is 5.82 Å². The monoisotopic (exact) mass is 293 g/mol. The third kappa shape index (κ3) is 2.47. The largest absolute Gasteiger partial charge is 0.383 e. The van der Waals surface area contributed by atoms with E-state index in [0.717, 1.165) is 11.3 Å². The molecule has 3 aromatic heterocycles. The summed E-state index contributed by atoms with van der Waals surface area (Å²) in [6, 6.07) is 7.75. The quantitative estimate of drug-likeness (QED) is 0.784. The highest BCUT2D eigenvalue weighted by molar-refractivity contribution is 7.07. The van der Waals surface area contributed by atoms with E-state index in [9.17, 15) is 5.26 Å². The van der Waals surface area contributed by atoms with Crippen molar-refractivity contribution in [3.63, 3.8) is 0 Å². The van der Waals surface area contributed by atoms with Gasteiger partial charge in [-0.05, 0) is 24.6 Å². The molecule has 102 valence electrons. The number of nitrogens with two attached hydrogens (primary N) is 1. The van der Waals surface area contributed by atoms with Crippen molar-refractivity contribution in [2.45, 2.75) is 6.92 Å². The lowest BCUT2D eigenvalue weighted by Crippen LogP contribution is -2.00. The number of rotatable bonds is 2. The van der Waals surface area contributed by atoms with Gasteiger partial charge in [0.25, 0.3) is 0 Å². The van der Waals surface area contributed by atoms with Crippen molar-refractivity contribution >= 4 is 17.2 Å². The van der Waals surface area contributed by atoms with Crippen LogP contribution in [0.3, 0.4) is 0 Å². The van der Waals surface area contributed by atoms with Crippen LogP contribution in [0.15, 0.2) is 35.3 Å². The molecule has 2 N–H and O–H groups in total. The molecule has 0 unspecified atom stereocenters. The summed E-state index contributed by atoms with van der Waals surface area (Å²) in [7, 11) is 0. The van der Waals surface area contributed by atoms with Crippen molar-refractivity contribution in [1.82, 2.24) is 15.0 Å². The minimum absolute atomic E-state index is 0.195. The fourth-order valence-electron chi connectivity index (χ4n) is 1.98. The Labute approximate surface area is 125 Å². The first-order valence-corrected chi connectivity index (χ1v) is 7.15. The number of aryl methyl sites for hydroxylation is 1. The number of nitriles is 1. The second kappa shape index (κ2) is 5.31. The molecule has 3 aromatic rings. The summed E-state index contributed by atoms with van der Waals surface area (Å²) in [5, 5.41) is 11.2. The molecule has 0 aliphatic carbocycles. The van der Waals surface area contributed by atoms with Gasteiger partial charge in [-0.1, -0.05) is 6.07 Å². The number of nitrogen functional groups attached to an aromatic ring is 1.